The second-order valence-corrected chi connectivity index (χ2v) is 7.11. The maximum Gasteiger partial charge on any atom is 0.316 e. The van der Waals surface area contributed by atoms with E-state index >= 15 is 0 Å². The molecule has 0 saturated carbocycles. The van der Waals surface area contributed by atoms with Crippen molar-refractivity contribution in [1.82, 2.24) is 14.6 Å². The average Bonchev–Trinajstić information content (AvgIpc) is 2.81. The van der Waals surface area contributed by atoms with Crippen molar-refractivity contribution in [3.05, 3.63) is 27.1 Å². The number of aryl methyl sites for hydroxylation is 1. The van der Waals surface area contributed by atoms with Crippen LogP contribution in [0.1, 0.15) is 31.5 Å². The molecular formula is C13H17N3O3S2. The number of carbonyl (C=O) groups is 1. The highest BCUT2D eigenvalue weighted by atomic mass is 32.2. The van der Waals surface area contributed by atoms with Gasteiger partial charge < -0.3 is 5.11 Å². The minimum absolute atomic E-state index is 0.0208. The van der Waals surface area contributed by atoms with Gasteiger partial charge in [-0.3, -0.25) is 9.59 Å². The van der Waals surface area contributed by atoms with Crippen LogP contribution in [0.5, 0.6) is 0 Å². The highest BCUT2D eigenvalue weighted by molar-refractivity contribution is 7.99. The molecule has 0 spiro atoms. The number of fused-ring (bicyclic) bond motifs is 1. The Morgan fingerprint density at radius 3 is 2.81 bits per heavy atom. The largest absolute Gasteiger partial charge is 0.480 e. The Hall–Kier alpha value is -1.41. The summed E-state index contributed by atoms with van der Waals surface area (Å²) in [5, 5.41) is 13.7. The van der Waals surface area contributed by atoms with E-state index in [1.165, 1.54) is 33.7 Å². The van der Waals surface area contributed by atoms with Gasteiger partial charge in [0.2, 0.25) is 4.96 Å². The Morgan fingerprint density at radius 1 is 1.52 bits per heavy atom. The Balaban J connectivity index is 2.23. The lowest BCUT2D eigenvalue weighted by molar-refractivity contribution is -0.137. The lowest BCUT2D eigenvalue weighted by Gasteiger charge is -2.14. The molecular weight excluding hydrogens is 310 g/mol. The van der Waals surface area contributed by atoms with E-state index in [0.29, 0.717) is 16.4 Å². The fourth-order valence-corrected chi connectivity index (χ4v) is 3.72. The van der Waals surface area contributed by atoms with Gasteiger partial charge in [-0.1, -0.05) is 32.1 Å². The van der Waals surface area contributed by atoms with Crippen molar-refractivity contribution in [2.75, 3.05) is 0 Å². The minimum atomic E-state index is -0.834. The van der Waals surface area contributed by atoms with Gasteiger partial charge >= 0.3 is 5.97 Å². The summed E-state index contributed by atoms with van der Waals surface area (Å²) in [5.41, 5.74) is 0.381. The van der Waals surface area contributed by atoms with Crippen LogP contribution in [0.4, 0.5) is 0 Å². The number of rotatable bonds is 6. The summed E-state index contributed by atoms with van der Waals surface area (Å²) in [6.45, 7) is 5.71. The summed E-state index contributed by atoms with van der Waals surface area (Å²) < 4.78 is 1.30. The summed E-state index contributed by atoms with van der Waals surface area (Å²) in [4.78, 5) is 28.1. The number of aromatic nitrogens is 3. The van der Waals surface area contributed by atoms with E-state index in [4.69, 9.17) is 5.11 Å². The first kappa shape index (κ1) is 16.0. The predicted octanol–water partition coefficient (Wildman–Crippen LogP) is 2.06. The van der Waals surface area contributed by atoms with E-state index in [9.17, 15) is 9.59 Å². The van der Waals surface area contributed by atoms with Crippen LogP contribution in [0.25, 0.3) is 4.96 Å². The average molecular weight is 327 g/mol. The maximum atomic E-state index is 12.0. The fourth-order valence-electron chi connectivity index (χ4n) is 1.84. The van der Waals surface area contributed by atoms with E-state index in [1.54, 1.807) is 0 Å². The molecule has 2 aromatic heterocycles. The van der Waals surface area contributed by atoms with E-state index in [-0.39, 0.29) is 11.5 Å². The molecule has 8 heteroatoms. The van der Waals surface area contributed by atoms with Gasteiger partial charge in [0.05, 0.1) is 5.69 Å². The Kier molecular flexibility index (Phi) is 5.00. The SMILES string of the molecule is CCc1nn2c(=O)cc(CSC(C(=O)O)C(C)C)nc2s1. The van der Waals surface area contributed by atoms with Gasteiger partial charge in [-0.05, 0) is 12.3 Å². The molecule has 2 aromatic rings. The van der Waals surface area contributed by atoms with Crippen LogP contribution in [0.15, 0.2) is 10.9 Å². The molecule has 1 N–H and O–H groups in total. The molecule has 1 unspecified atom stereocenters. The van der Waals surface area contributed by atoms with Gasteiger partial charge in [-0.2, -0.15) is 9.61 Å². The van der Waals surface area contributed by atoms with E-state index in [1.807, 2.05) is 20.8 Å². The van der Waals surface area contributed by atoms with Gasteiger partial charge in [0.25, 0.3) is 5.56 Å². The zero-order valence-corrected chi connectivity index (χ0v) is 13.7. The first-order chi connectivity index (χ1) is 9.92. The summed E-state index contributed by atoms with van der Waals surface area (Å²) in [5.74, 6) is -0.411. The third-order valence-corrected chi connectivity index (χ3v) is 5.52. The van der Waals surface area contributed by atoms with Crippen molar-refractivity contribution in [3.63, 3.8) is 0 Å². The normalized spacial score (nSPS) is 13.0. The third-order valence-electron chi connectivity index (χ3n) is 2.90. The van der Waals surface area contributed by atoms with E-state index in [0.717, 1.165) is 11.4 Å². The molecule has 0 aliphatic heterocycles. The number of hydrogen-bond acceptors (Lipinski definition) is 6. The summed E-state index contributed by atoms with van der Waals surface area (Å²) >= 11 is 2.68. The molecule has 0 radical (unpaired) electrons. The maximum absolute atomic E-state index is 12.0. The van der Waals surface area contributed by atoms with E-state index < -0.39 is 11.2 Å². The quantitative estimate of drug-likeness (QED) is 0.874. The number of carboxylic acid groups (broad SMARTS) is 1. The molecule has 6 nitrogen and oxygen atoms in total. The van der Waals surface area contributed by atoms with Gasteiger partial charge in [0, 0.05) is 11.8 Å². The minimum Gasteiger partial charge on any atom is -0.480 e. The molecule has 0 aliphatic carbocycles. The first-order valence-electron chi connectivity index (χ1n) is 6.65. The van der Waals surface area contributed by atoms with Crippen molar-refractivity contribution in [2.24, 2.45) is 5.92 Å². The van der Waals surface area contributed by atoms with Crippen LogP contribution >= 0.6 is 23.1 Å². The summed E-state index contributed by atoms with van der Waals surface area (Å²) in [6, 6.07) is 1.43. The second kappa shape index (κ2) is 6.57. The van der Waals surface area contributed by atoms with Crippen LogP contribution < -0.4 is 5.56 Å². The molecule has 0 fully saturated rings. The van der Waals surface area contributed by atoms with Crippen molar-refractivity contribution in [3.8, 4) is 0 Å². The lowest BCUT2D eigenvalue weighted by Crippen LogP contribution is -2.23. The molecule has 0 amide bonds. The predicted molar refractivity (Wildman–Crippen MR) is 84.1 cm³/mol. The van der Waals surface area contributed by atoms with Crippen LogP contribution in [-0.4, -0.2) is 30.9 Å². The van der Waals surface area contributed by atoms with Crippen LogP contribution in [0, 0.1) is 5.92 Å². The van der Waals surface area contributed by atoms with Crippen LogP contribution in [-0.2, 0) is 17.0 Å². The molecule has 1 atom stereocenters. The van der Waals surface area contributed by atoms with Crippen molar-refractivity contribution in [2.45, 2.75) is 38.2 Å². The number of nitrogens with zero attached hydrogens (tertiary/aromatic N) is 3. The topological polar surface area (TPSA) is 84.6 Å². The molecule has 0 aliphatic rings. The van der Waals surface area contributed by atoms with Crippen LogP contribution in [0.3, 0.4) is 0 Å². The first-order valence-corrected chi connectivity index (χ1v) is 8.52. The highest BCUT2D eigenvalue weighted by Gasteiger charge is 2.22. The Labute approximate surface area is 130 Å². The number of hydrogen-bond donors (Lipinski definition) is 1. The molecule has 2 rings (SSSR count). The molecule has 21 heavy (non-hydrogen) atoms. The van der Waals surface area contributed by atoms with Crippen LogP contribution in [0.2, 0.25) is 0 Å². The van der Waals surface area contributed by atoms with E-state index in [2.05, 4.69) is 10.1 Å². The van der Waals surface area contributed by atoms with Gasteiger partial charge in [-0.25, -0.2) is 4.98 Å². The highest BCUT2D eigenvalue weighted by Crippen LogP contribution is 2.23. The van der Waals surface area contributed by atoms with Gasteiger partial charge in [0.1, 0.15) is 10.3 Å². The number of aliphatic carboxylic acids is 1. The lowest BCUT2D eigenvalue weighted by atomic mass is 10.1. The van der Waals surface area contributed by atoms with Gasteiger partial charge in [0.15, 0.2) is 0 Å². The van der Waals surface area contributed by atoms with Crippen molar-refractivity contribution in [1.29, 1.82) is 0 Å². The Morgan fingerprint density at radius 2 is 2.24 bits per heavy atom. The Bertz CT molecular complexity index is 708. The molecule has 114 valence electrons. The molecule has 2 heterocycles. The summed E-state index contributed by atoms with van der Waals surface area (Å²) in [6.07, 6.45) is 0.756. The van der Waals surface area contributed by atoms with Crippen molar-refractivity contribution >= 4 is 34.0 Å². The third kappa shape index (κ3) is 3.62. The smallest absolute Gasteiger partial charge is 0.316 e. The monoisotopic (exact) mass is 327 g/mol. The number of carboxylic acids is 1. The molecule has 0 aromatic carbocycles. The zero-order valence-electron chi connectivity index (χ0n) is 12.1. The van der Waals surface area contributed by atoms with Crippen molar-refractivity contribution < 1.29 is 9.90 Å². The second-order valence-electron chi connectivity index (χ2n) is 4.94. The number of thioether (sulfide) groups is 1. The molecule has 0 saturated heterocycles. The summed E-state index contributed by atoms with van der Waals surface area (Å²) in [7, 11) is 0. The molecule has 0 bridgehead atoms. The standard InChI is InChI=1S/C13H17N3O3S2/c1-4-9-15-16-10(17)5-8(14-13(16)21-9)6-20-11(7(2)3)12(18)19/h5,7,11H,4,6H2,1-3H3,(H,18,19). The van der Waals surface area contributed by atoms with Gasteiger partial charge in [-0.15, -0.1) is 11.8 Å². The zero-order chi connectivity index (χ0) is 15.6. The fraction of sp³-hybridized carbons (Fsp3) is 0.538.